The summed E-state index contributed by atoms with van der Waals surface area (Å²) in [5, 5.41) is 9.82. The number of likely N-dealkylation sites (N-methyl/N-ethyl adjacent to an activating group) is 1. The van der Waals surface area contributed by atoms with Gasteiger partial charge in [-0.1, -0.05) is 20.8 Å². The lowest BCUT2D eigenvalue weighted by Gasteiger charge is -2.29. The van der Waals surface area contributed by atoms with Gasteiger partial charge in [-0.25, -0.2) is 0 Å². The maximum Gasteiger partial charge on any atom is 0.0682 e. The van der Waals surface area contributed by atoms with Crippen molar-refractivity contribution in [1.29, 1.82) is 0 Å². The summed E-state index contributed by atoms with van der Waals surface area (Å²) < 4.78 is 0. The first-order valence-corrected chi connectivity index (χ1v) is 6.95. The van der Waals surface area contributed by atoms with Crippen LogP contribution in [-0.2, 0) is 0 Å². The Balaban J connectivity index is 2.43. The SMILES string of the molecule is CC(C)CC(C)CN1CC(O)CC1CN(C)C. The van der Waals surface area contributed by atoms with E-state index in [1.807, 2.05) is 0 Å². The Bertz CT molecular complexity index is 218. The molecule has 0 saturated carbocycles. The van der Waals surface area contributed by atoms with E-state index < -0.39 is 0 Å². The van der Waals surface area contributed by atoms with Gasteiger partial charge in [-0.15, -0.1) is 0 Å². The monoisotopic (exact) mass is 242 g/mol. The molecule has 0 aliphatic carbocycles. The van der Waals surface area contributed by atoms with Gasteiger partial charge in [-0.2, -0.15) is 0 Å². The zero-order valence-corrected chi connectivity index (χ0v) is 12.2. The second-order valence-electron chi connectivity index (χ2n) is 6.49. The standard InChI is InChI=1S/C14H30N2O/c1-11(2)6-12(3)8-16-10-14(17)7-13(16)9-15(4)5/h11-14,17H,6-10H2,1-5H3. The fourth-order valence-electron chi connectivity index (χ4n) is 3.07. The van der Waals surface area contributed by atoms with Gasteiger partial charge in [0.2, 0.25) is 0 Å². The van der Waals surface area contributed by atoms with Crippen LogP contribution in [-0.4, -0.2) is 60.8 Å². The molecule has 0 aromatic heterocycles. The average Bonchev–Trinajstić information content (AvgIpc) is 2.43. The van der Waals surface area contributed by atoms with E-state index in [9.17, 15) is 5.11 Å². The van der Waals surface area contributed by atoms with E-state index >= 15 is 0 Å². The van der Waals surface area contributed by atoms with E-state index in [2.05, 4.69) is 44.7 Å². The normalized spacial score (nSPS) is 28.2. The molecule has 1 saturated heterocycles. The van der Waals surface area contributed by atoms with E-state index in [1.54, 1.807) is 0 Å². The molecular formula is C14H30N2O. The highest BCUT2D eigenvalue weighted by Gasteiger charge is 2.31. The Labute approximate surface area is 107 Å². The molecule has 3 unspecified atom stereocenters. The number of rotatable bonds is 6. The minimum Gasteiger partial charge on any atom is -0.392 e. The third-order valence-corrected chi connectivity index (χ3v) is 3.50. The second kappa shape index (κ2) is 6.72. The lowest BCUT2D eigenvalue weighted by Crippen LogP contribution is -2.40. The van der Waals surface area contributed by atoms with Gasteiger partial charge >= 0.3 is 0 Å². The van der Waals surface area contributed by atoms with Crippen molar-refractivity contribution in [3.63, 3.8) is 0 Å². The summed E-state index contributed by atoms with van der Waals surface area (Å²) in [5.74, 6) is 1.50. The molecule has 1 fully saturated rings. The maximum absolute atomic E-state index is 9.82. The molecular weight excluding hydrogens is 212 g/mol. The minimum atomic E-state index is -0.119. The summed E-state index contributed by atoms with van der Waals surface area (Å²) >= 11 is 0. The fourth-order valence-corrected chi connectivity index (χ4v) is 3.07. The number of aliphatic hydroxyl groups is 1. The first kappa shape index (κ1) is 14.9. The molecule has 17 heavy (non-hydrogen) atoms. The van der Waals surface area contributed by atoms with Crippen LogP contribution in [0.5, 0.6) is 0 Å². The first-order chi connectivity index (χ1) is 7.88. The number of hydrogen-bond donors (Lipinski definition) is 1. The van der Waals surface area contributed by atoms with Gasteiger partial charge in [0.25, 0.3) is 0 Å². The van der Waals surface area contributed by atoms with Crippen molar-refractivity contribution < 1.29 is 5.11 Å². The number of nitrogens with zero attached hydrogens (tertiary/aromatic N) is 2. The van der Waals surface area contributed by atoms with Crippen molar-refractivity contribution in [1.82, 2.24) is 9.80 Å². The van der Waals surface area contributed by atoms with E-state index in [1.165, 1.54) is 6.42 Å². The van der Waals surface area contributed by atoms with Crippen molar-refractivity contribution >= 4 is 0 Å². The molecule has 0 radical (unpaired) electrons. The predicted molar refractivity (Wildman–Crippen MR) is 73.2 cm³/mol. The Morgan fingerprint density at radius 3 is 2.47 bits per heavy atom. The number of hydrogen-bond acceptors (Lipinski definition) is 3. The largest absolute Gasteiger partial charge is 0.392 e. The Kier molecular flexibility index (Phi) is 5.90. The Morgan fingerprint density at radius 1 is 1.29 bits per heavy atom. The van der Waals surface area contributed by atoms with Crippen molar-refractivity contribution in [2.75, 3.05) is 33.7 Å². The molecule has 0 spiro atoms. The van der Waals surface area contributed by atoms with Crippen LogP contribution in [0, 0.1) is 11.8 Å². The molecule has 3 atom stereocenters. The van der Waals surface area contributed by atoms with Gasteiger partial charge in [0.15, 0.2) is 0 Å². The number of likely N-dealkylation sites (tertiary alicyclic amines) is 1. The lowest BCUT2D eigenvalue weighted by molar-refractivity contribution is 0.157. The summed E-state index contributed by atoms with van der Waals surface area (Å²) in [6.07, 6.45) is 2.10. The van der Waals surface area contributed by atoms with Gasteiger partial charge in [0.05, 0.1) is 6.10 Å². The van der Waals surface area contributed by atoms with Crippen LogP contribution in [0.3, 0.4) is 0 Å². The summed E-state index contributed by atoms with van der Waals surface area (Å²) in [4.78, 5) is 4.71. The third-order valence-electron chi connectivity index (χ3n) is 3.50. The molecule has 0 aromatic rings. The van der Waals surface area contributed by atoms with E-state index in [0.29, 0.717) is 6.04 Å². The predicted octanol–water partition coefficient (Wildman–Crippen LogP) is 1.67. The summed E-state index contributed by atoms with van der Waals surface area (Å²) in [5.41, 5.74) is 0. The minimum absolute atomic E-state index is 0.119. The molecule has 0 amide bonds. The molecule has 3 nitrogen and oxygen atoms in total. The van der Waals surface area contributed by atoms with Crippen LogP contribution in [0.4, 0.5) is 0 Å². The van der Waals surface area contributed by atoms with Gasteiger partial charge in [0.1, 0.15) is 0 Å². The topological polar surface area (TPSA) is 26.7 Å². The molecule has 0 bridgehead atoms. The molecule has 1 heterocycles. The highest BCUT2D eigenvalue weighted by molar-refractivity contribution is 4.87. The first-order valence-electron chi connectivity index (χ1n) is 6.95. The van der Waals surface area contributed by atoms with E-state index in [0.717, 1.165) is 37.9 Å². The van der Waals surface area contributed by atoms with Gasteiger partial charge in [0, 0.05) is 25.7 Å². The van der Waals surface area contributed by atoms with Gasteiger partial charge in [-0.3, -0.25) is 4.90 Å². The molecule has 102 valence electrons. The molecule has 3 heteroatoms. The Hall–Kier alpha value is -0.120. The molecule has 1 aliphatic heterocycles. The highest BCUT2D eigenvalue weighted by atomic mass is 16.3. The Morgan fingerprint density at radius 2 is 1.94 bits per heavy atom. The lowest BCUT2D eigenvalue weighted by atomic mass is 9.98. The van der Waals surface area contributed by atoms with Crippen LogP contribution in [0.25, 0.3) is 0 Å². The van der Waals surface area contributed by atoms with Crippen LogP contribution >= 0.6 is 0 Å². The zero-order valence-electron chi connectivity index (χ0n) is 12.2. The number of β-amino-alcohol motifs (C(OH)–C–C–N with tert-alkyl or cyclic N) is 1. The van der Waals surface area contributed by atoms with E-state index in [4.69, 9.17) is 0 Å². The van der Waals surface area contributed by atoms with Crippen molar-refractivity contribution in [2.24, 2.45) is 11.8 Å². The van der Waals surface area contributed by atoms with Crippen LogP contribution in [0.1, 0.15) is 33.6 Å². The summed E-state index contributed by atoms with van der Waals surface area (Å²) in [7, 11) is 4.22. The molecule has 1 aliphatic rings. The quantitative estimate of drug-likeness (QED) is 0.767. The summed E-state index contributed by atoms with van der Waals surface area (Å²) in [6.45, 7) is 9.96. The second-order valence-corrected chi connectivity index (χ2v) is 6.49. The smallest absolute Gasteiger partial charge is 0.0682 e. The zero-order chi connectivity index (χ0) is 13.0. The van der Waals surface area contributed by atoms with E-state index in [-0.39, 0.29) is 6.10 Å². The third kappa shape index (κ3) is 5.36. The molecule has 1 N–H and O–H groups in total. The summed E-state index contributed by atoms with van der Waals surface area (Å²) in [6, 6.07) is 0.537. The average molecular weight is 242 g/mol. The van der Waals surface area contributed by atoms with Gasteiger partial charge in [-0.05, 0) is 38.8 Å². The fraction of sp³-hybridized carbons (Fsp3) is 1.00. The number of aliphatic hydroxyl groups excluding tert-OH is 1. The maximum atomic E-state index is 9.82. The highest BCUT2D eigenvalue weighted by Crippen LogP contribution is 2.22. The molecule has 1 rings (SSSR count). The van der Waals surface area contributed by atoms with Crippen molar-refractivity contribution in [3.8, 4) is 0 Å². The van der Waals surface area contributed by atoms with Crippen molar-refractivity contribution in [2.45, 2.75) is 45.8 Å². The van der Waals surface area contributed by atoms with Crippen molar-refractivity contribution in [3.05, 3.63) is 0 Å². The van der Waals surface area contributed by atoms with Crippen LogP contribution in [0.15, 0.2) is 0 Å². The molecule has 0 aromatic carbocycles. The van der Waals surface area contributed by atoms with Gasteiger partial charge < -0.3 is 10.0 Å². The van der Waals surface area contributed by atoms with Crippen LogP contribution in [0.2, 0.25) is 0 Å². The van der Waals surface area contributed by atoms with Crippen LogP contribution < -0.4 is 0 Å².